The van der Waals surface area contributed by atoms with E-state index in [-0.39, 0.29) is 0 Å². The highest BCUT2D eigenvalue weighted by Gasteiger charge is 1.88. The fourth-order valence-corrected chi connectivity index (χ4v) is 0.915. The molecular weight excluding hydrogens is 369 g/mol. The molecule has 0 amide bonds. The molecule has 7 heteroatoms. The maximum atomic E-state index is 9.16. The summed E-state index contributed by atoms with van der Waals surface area (Å²) in [6, 6.07) is 7.71. The van der Waals surface area contributed by atoms with Crippen LogP contribution in [0.15, 0.2) is 24.3 Å². The molecule has 0 aliphatic rings. The second kappa shape index (κ2) is 6.29. The van der Waals surface area contributed by atoms with Gasteiger partial charge in [-0.15, -0.1) is 0 Å². The monoisotopic (exact) mass is 372 g/mol. The van der Waals surface area contributed by atoms with Gasteiger partial charge < -0.3 is 0 Å². The molecule has 1 aromatic rings. The van der Waals surface area contributed by atoms with Gasteiger partial charge >= 0.3 is 8.26 Å². The van der Waals surface area contributed by atoms with E-state index in [4.69, 9.17) is 20.0 Å². The van der Waals surface area contributed by atoms with Gasteiger partial charge in [0.2, 0.25) is 0 Å². The van der Waals surface area contributed by atoms with Gasteiger partial charge in [-0.05, 0) is 46.9 Å². The first kappa shape index (κ1) is 13.8. The smallest absolute Gasteiger partial charge is 0.195 e. The van der Waals surface area contributed by atoms with Crippen LogP contribution in [0.1, 0.15) is 0 Å². The van der Waals surface area contributed by atoms with E-state index in [2.05, 4.69) is 44.0 Å². The van der Waals surface area contributed by atoms with Crippen molar-refractivity contribution in [3.63, 3.8) is 0 Å². The molecule has 0 saturated heterocycles. The molecule has 1 rings (SSSR count). The summed E-state index contributed by atoms with van der Waals surface area (Å²) >= 11 is 7.85. The normalized spacial score (nSPS) is 10.2. The second-order valence-corrected chi connectivity index (χ2v) is 7.17. The van der Waals surface area contributed by atoms with Gasteiger partial charge in [-0.25, -0.2) is 0 Å². The number of halogens is 4. The molecule has 0 spiro atoms. The van der Waals surface area contributed by atoms with Crippen LogP contribution in [0.5, 0.6) is 0 Å². The Bertz CT molecular complexity index is 320. The Labute approximate surface area is 104 Å². The first-order valence-corrected chi connectivity index (χ1v) is 7.43. The third-order valence-corrected chi connectivity index (χ3v) is 1.77. The highest BCUT2D eigenvalue weighted by atomic mass is 127. The SMILES string of the molecule is Clc1ccc(I)cc1.O=S(=O)(Cl)Cl. The number of rotatable bonds is 0. The van der Waals surface area contributed by atoms with E-state index in [1.54, 1.807) is 0 Å². The maximum absolute atomic E-state index is 9.16. The van der Waals surface area contributed by atoms with Crippen molar-refractivity contribution in [1.82, 2.24) is 0 Å². The van der Waals surface area contributed by atoms with Crippen LogP contribution >= 0.6 is 55.6 Å². The molecule has 1 aromatic carbocycles. The van der Waals surface area contributed by atoms with Crippen LogP contribution in [0.4, 0.5) is 0 Å². The van der Waals surface area contributed by atoms with Gasteiger partial charge in [-0.2, -0.15) is 8.42 Å². The van der Waals surface area contributed by atoms with E-state index in [0.29, 0.717) is 0 Å². The van der Waals surface area contributed by atoms with Crippen molar-refractivity contribution in [3.05, 3.63) is 32.9 Å². The predicted molar refractivity (Wildman–Crippen MR) is 64.8 cm³/mol. The lowest BCUT2D eigenvalue weighted by molar-refractivity contribution is 0.621. The molecule has 0 aromatic heterocycles. The van der Waals surface area contributed by atoms with Gasteiger partial charge in [-0.1, -0.05) is 11.6 Å². The molecule has 0 radical (unpaired) electrons. The van der Waals surface area contributed by atoms with Crippen molar-refractivity contribution in [3.8, 4) is 0 Å². The summed E-state index contributed by atoms with van der Waals surface area (Å²) in [6.07, 6.45) is 0. The summed E-state index contributed by atoms with van der Waals surface area (Å²) in [6.45, 7) is 0. The van der Waals surface area contributed by atoms with Crippen LogP contribution in [0.2, 0.25) is 5.02 Å². The van der Waals surface area contributed by atoms with E-state index >= 15 is 0 Å². The summed E-state index contributed by atoms with van der Waals surface area (Å²) in [7, 11) is 4.81. The van der Waals surface area contributed by atoms with Gasteiger partial charge in [-0.3, -0.25) is 0 Å². The van der Waals surface area contributed by atoms with E-state index < -0.39 is 8.26 Å². The maximum Gasteiger partial charge on any atom is 0.317 e. The minimum absolute atomic E-state index is 0.797. The number of benzene rings is 1. The van der Waals surface area contributed by atoms with Gasteiger partial charge in [0.25, 0.3) is 0 Å². The molecule has 0 aliphatic carbocycles. The quantitative estimate of drug-likeness (QED) is 0.514. The van der Waals surface area contributed by atoms with Gasteiger partial charge in [0, 0.05) is 30.0 Å². The highest BCUT2D eigenvalue weighted by molar-refractivity contribution is 14.1. The van der Waals surface area contributed by atoms with Crippen LogP contribution in [0.25, 0.3) is 0 Å². The molecule has 0 heterocycles. The lowest BCUT2D eigenvalue weighted by atomic mass is 10.4. The molecule has 0 N–H and O–H groups in total. The van der Waals surface area contributed by atoms with Crippen LogP contribution in [-0.2, 0) is 8.26 Å². The summed E-state index contributed by atoms with van der Waals surface area (Å²) in [5.41, 5.74) is 0. The molecule has 0 unspecified atom stereocenters. The zero-order valence-electron chi connectivity index (χ0n) is 6.05. The topological polar surface area (TPSA) is 34.1 Å². The molecule has 2 nitrogen and oxygen atoms in total. The van der Waals surface area contributed by atoms with E-state index in [1.807, 2.05) is 24.3 Å². The number of hydrogen-bond acceptors (Lipinski definition) is 2. The van der Waals surface area contributed by atoms with E-state index in [1.165, 1.54) is 3.57 Å². The van der Waals surface area contributed by atoms with Crippen LogP contribution in [0.3, 0.4) is 0 Å². The zero-order chi connectivity index (χ0) is 10.5. The van der Waals surface area contributed by atoms with Crippen molar-refractivity contribution in [2.45, 2.75) is 0 Å². The molecule has 0 saturated carbocycles. The van der Waals surface area contributed by atoms with Crippen molar-refractivity contribution in [1.29, 1.82) is 0 Å². The van der Waals surface area contributed by atoms with Gasteiger partial charge in [0.15, 0.2) is 0 Å². The van der Waals surface area contributed by atoms with Crippen LogP contribution < -0.4 is 0 Å². The summed E-state index contributed by atoms with van der Waals surface area (Å²) in [4.78, 5) is 0. The first-order chi connectivity index (χ1) is 5.79. The highest BCUT2D eigenvalue weighted by Crippen LogP contribution is 2.10. The first-order valence-electron chi connectivity index (χ1n) is 2.84. The largest absolute Gasteiger partial charge is 0.317 e. The minimum Gasteiger partial charge on any atom is -0.195 e. The minimum atomic E-state index is -3.72. The average Bonchev–Trinajstić information content (AvgIpc) is 1.92. The Kier molecular flexibility index (Phi) is 6.66. The average molecular weight is 373 g/mol. The standard InChI is InChI=1S/C6H4ClI.Cl2O2S/c7-5-1-3-6(8)4-2-5;1-5(2,3)4/h1-4H;. The van der Waals surface area contributed by atoms with Crippen LogP contribution in [0, 0.1) is 3.57 Å². The molecular formula is C6H4Cl3IO2S. The fraction of sp³-hybridized carbons (Fsp3) is 0. The molecule has 0 atom stereocenters. The Morgan fingerprint density at radius 2 is 1.38 bits per heavy atom. The third kappa shape index (κ3) is 12.8. The Hall–Kier alpha value is 0.770. The van der Waals surface area contributed by atoms with Gasteiger partial charge in [0.05, 0.1) is 0 Å². The summed E-state index contributed by atoms with van der Waals surface area (Å²) < 4.78 is 19.5. The third-order valence-electron chi connectivity index (χ3n) is 0.804. The van der Waals surface area contributed by atoms with E-state index in [0.717, 1.165) is 5.02 Å². The zero-order valence-corrected chi connectivity index (χ0v) is 11.3. The Morgan fingerprint density at radius 1 is 1.08 bits per heavy atom. The van der Waals surface area contributed by atoms with Crippen molar-refractivity contribution in [2.24, 2.45) is 0 Å². The Morgan fingerprint density at radius 3 is 1.62 bits per heavy atom. The molecule has 74 valence electrons. The molecule has 0 aliphatic heterocycles. The lowest BCUT2D eigenvalue weighted by Crippen LogP contribution is -1.65. The fourth-order valence-electron chi connectivity index (χ4n) is 0.430. The second-order valence-electron chi connectivity index (χ2n) is 1.81. The summed E-state index contributed by atoms with van der Waals surface area (Å²) in [5, 5.41) is 0.797. The molecule has 13 heavy (non-hydrogen) atoms. The predicted octanol–water partition coefficient (Wildman–Crippen LogP) is 3.65. The van der Waals surface area contributed by atoms with E-state index in [9.17, 15) is 0 Å². The molecule has 0 bridgehead atoms. The number of hydrogen-bond donors (Lipinski definition) is 0. The Balaban J connectivity index is 0.000000252. The molecule has 0 fully saturated rings. The van der Waals surface area contributed by atoms with Crippen molar-refractivity contribution in [2.75, 3.05) is 0 Å². The van der Waals surface area contributed by atoms with Gasteiger partial charge in [0.1, 0.15) is 0 Å². The van der Waals surface area contributed by atoms with Crippen molar-refractivity contribution < 1.29 is 8.42 Å². The van der Waals surface area contributed by atoms with Crippen LogP contribution in [-0.4, -0.2) is 8.42 Å². The lowest BCUT2D eigenvalue weighted by Gasteiger charge is -1.86. The van der Waals surface area contributed by atoms with Crippen molar-refractivity contribution >= 4 is 63.8 Å². The summed E-state index contributed by atoms with van der Waals surface area (Å²) in [5.74, 6) is 0.